The number of hydrogen-bond acceptors (Lipinski definition) is 3. The van der Waals surface area contributed by atoms with E-state index < -0.39 is 0 Å². The zero-order valence-corrected chi connectivity index (χ0v) is 13.9. The lowest BCUT2D eigenvalue weighted by molar-refractivity contribution is 1.34. The molecule has 0 atom stereocenters. The summed E-state index contributed by atoms with van der Waals surface area (Å²) in [5.74, 6) is 0. The summed E-state index contributed by atoms with van der Waals surface area (Å²) in [6, 6.07) is 26.0. The number of hydrazone groups is 1. The van der Waals surface area contributed by atoms with E-state index in [9.17, 15) is 0 Å². The average molecular weight is 339 g/mol. The van der Waals surface area contributed by atoms with Crippen LogP contribution in [0.3, 0.4) is 0 Å². The smallest absolute Gasteiger partial charge is 0.0561 e. The molecule has 1 N–H and O–H groups in total. The lowest BCUT2D eigenvalue weighted by Gasteiger charge is -2.02. The van der Waals surface area contributed by atoms with Gasteiger partial charge in [0.05, 0.1) is 11.9 Å². The molecule has 0 aliphatic rings. The van der Waals surface area contributed by atoms with Crippen molar-refractivity contribution in [3.63, 3.8) is 0 Å². The minimum absolute atomic E-state index is 0.756. The topological polar surface area (TPSA) is 24.4 Å². The van der Waals surface area contributed by atoms with E-state index in [1.165, 1.54) is 9.79 Å². The summed E-state index contributed by atoms with van der Waals surface area (Å²) in [5, 5.41) is 5.00. The minimum atomic E-state index is 0.756. The molecule has 0 aromatic heterocycles. The van der Waals surface area contributed by atoms with Gasteiger partial charge in [-0.25, -0.2) is 0 Å². The number of nitrogens with one attached hydrogen (secondary N) is 1. The van der Waals surface area contributed by atoms with Gasteiger partial charge in [-0.3, -0.25) is 5.43 Å². The maximum absolute atomic E-state index is 5.90. The number of para-hydroxylation sites is 1. The molecule has 0 amide bonds. The van der Waals surface area contributed by atoms with Crippen molar-refractivity contribution in [2.45, 2.75) is 9.79 Å². The van der Waals surface area contributed by atoms with Crippen molar-refractivity contribution in [2.75, 3.05) is 5.43 Å². The maximum Gasteiger partial charge on any atom is 0.0561 e. The number of hydrogen-bond donors (Lipinski definition) is 1. The second kappa shape index (κ2) is 7.86. The molecule has 0 radical (unpaired) electrons. The zero-order chi connectivity index (χ0) is 15.9. The molecule has 0 spiro atoms. The molecule has 0 saturated carbocycles. The number of halogens is 1. The predicted molar refractivity (Wildman–Crippen MR) is 99.7 cm³/mol. The fourth-order valence-corrected chi connectivity index (χ4v) is 2.90. The zero-order valence-electron chi connectivity index (χ0n) is 12.3. The fraction of sp³-hybridized carbons (Fsp3) is 0. The molecule has 2 nitrogen and oxygen atoms in total. The van der Waals surface area contributed by atoms with Crippen molar-refractivity contribution in [3.05, 3.63) is 89.4 Å². The minimum Gasteiger partial charge on any atom is -0.279 e. The van der Waals surface area contributed by atoms with Gasteiger partial charge in [-0.2, -0.15) is 5.10 Å². The summed E-state index contributed by atoms with van der Waals surface area (Å²) < 4.78 is 0. The summed E-state index contributed by atoms with van der Waals surface area (Å²) in [6.45, 7) is 0. The molecule has 4 heteroatoms. The van der Waals surface area contributed by atoms with Gasteiger partial charge in [0, 0.05) is 14.8 Å². The molecule has 0 aliphatic heterocycles. The van der Waals surface area contributed by atoms with Crippen LogP contribution in [0.1, 0.15) is 5.56 Å². The second-order valence-corrected chi connectivity index (χ2v) is 6.44. The Bertz CT molecular complexity index is 769. The Morgan fingerprint density at radius 2 is 1.39 bits per heavy atom. The molecule has 0 unspecified atom stereocenters. The summed E-state index contributed by atoms with van der Waals surface area (Å²) in [6.07, 6.45) is 1.81. The molecule has 0 heterocycles. The van der Waals surface area contributed by atoms with E-state index >= 15 is 0 Å². The van der Waals surface area contributed by atoms with E-state index in [-0.39, 0.29) is 0 Å². The molecule has 0 fully saturated rings. The van der Waals surface area contributed by atoms with Gasteiger partial charge in [0.15, 0.2) is 0 Å². The molecule has 114 valence electrons. The van der Waals surface area contributed by atoms with Crippen LogP contribution in [0.4, 0.5) is 5.69 Å². The fourth-order valence-electron chi connectivity index (χ4n) is 1.95. The van der Waals surface area contributed by atoms with E-state index in [0.29, 0.717) is 0 Å². The van der Waals surface area contributed by atoms with Gasteiger partial charge in [0.25, 0.3) is 0 Å². The highest BCUT2D eigenvalue weighted by Gasteiger charge is 1.98. The van der Waals surface area contributed by atoms with E-state index in [1.807, 2.05) is 60.8 Å². The number of anilines is 1. The van der Waals surface area contributed by atoms with Gasteiger partial charge in [-0.1, -0.05) is 53.7 Å². The third-order valence-electron chi connectivity index (χ3n) is 3.11. The normalized spacial score (nSPS) is 10.8. The predicted octanol–water partition coefficient (Wildman–Crippen LogP) is 5.94. The van der Waals surface area contributed by atoms with E-state index in [1.54, 1.807) is 11.8 Å². The molecule has 0 saturated heterocycles. The Labute approximate surface area is 145 Å². The number of rotatable bonds is 5. The highest BCUT2D eigenvalue weighted by atomic mass is 35.5. The standard InChI is InChI=1S/C19H15ClN2S/c20-16-8-12-19(13-9-16)23-18-10-6-15(7-11-18)14-21-22-17-4-2-1-3-5-17/h1-14,22H/b21-14-. The van der Waals surface area contributed by atoms with Crippen molar-refractivity contribution >= 4 is 35.3 Å². The monoisotopic (exact) mass is 338 g/mol. The summed E-state index contributed by atoms with van der Waals surface area (Å²) in [5.41, 5.74) is 5.03. The summed E-state index contributed by atoms with van der Waals surface area (Å²) in [4.78, 5) is 2.35. The SMILES string of the molecule is Clc1ccc(Sc2ccc(/C=N\Nc3ccccc3)cc2)cc1. The van der Waals surface area contributed by atoms with Crippen molar-refractivity contribution in [2.24, 2.45) is 5.10 Å². The lowest BCUT2D eigenvalue weighted by atomic mass is 10.2. The van der Waals surface area contributed by atoms with Crippen molar-refractivity contribution < 1.29 is 0 Å². The van der Waals surface area contributed by atoms with Crippen LogP contribution in [0.25, 0.3) is 0 Å². The van der Waals surface area contributed by atoms with Gasteiger partial charge < -0.3 is 0 Å². The first-order valence-electron chi connectivity index (χ1n) is 7.17. The van der Waals surface area contributed by atoms with Crippen LogP contribution in [0.15, 0.2) is 93.8 Å². The number of nitrogens with zero attached hydrogens (tertiary/aromatic N) is 1. The largest absolute Gasteiger partial charge is 0.279 e. The van der Waals surface area contributed by atoms with Crippen LogP contribution in [-0.4, -0.2) is 6.21 Å². The van der Waals surface area contributed by atoms with Gasteiger partial charge in [0.2, 0.25) is 0 Å². The van der Waals surface area contributed by atoms with E-state index in [0.717, 1.165) is 16.3 Å². The van der Waals surface area contributed by atoms with Crippen LogP contribution in [-0.2, 0) is 0 Å². The van der Waals surface area contributed by atoms with Crippen LogP contribution < -0.4 is 5.43 Å². The molecule has 23 heavy (non-hydrogen) atoms. The highest BCUT2D eigenvalue weighted by Crippen LogP contribution is 2.28. The van der Waals surface area contributed by atoms with Crippen LogP contribution >= 0.6 is 23.4 Å². The van der Waals surface area contributed by atoms with Crippen molar-refractivity contribution in [3.8, 4) is 0 Å². The Morgan fingerprint density at radius 3 is 2.04 bits per heavy atom. The molecule has 3 aromatic carbocycles. The Hall–Kier alpha value is -2.23. The van der Waals surface area contributed by atoms with Crippen molar-refractivity contribution in [1.82, 2.24) is 0 Å². The van der Waals surface area contributed by atoms with E-state index in [2.05, 4.69) is 34.8 Å². The Balaban J connectivity index is 1.59. The third kappa shape index (κ3) is 4.88. The molecule has 0 bridgehead atoms. The van der Waals surface area contributed by atoms with Gasteiger partial charge >= 0.3 is 0 Å². The molecule has 3 aromatic rings. The molecule has 3 rings (SSSR count). The van der Waals surface area contributed by atoms with Gasteiger partial charge in [0.1, 0.15) is 0 Å². The van der Waals surface area contributed by atoms with Crippen LogP contribution in [0, 0.1) is 0 Å². The Kier molecular flexibility index (Phi) is 5.35. The maximum atomic E-state index is 5.90. The average Bonchev–Trinajstić information content (AvgIpc) is 2.59. The molecule has 0 aliphatic carbocycles. The van der Waals surface area contributed by atoms with E-state index in [4.69, 9.17) is 11.6 Å². The summed E-state index contributed by atoms with van der Waals surface area (Å²) in [7, 11) is 0. The number of benzene rings is 3. The molecular weight excluding hydrogens is 324 g/mol. The highest BCUT2D eigenvalue weighted by molar-refractivity contribution is 7.99. The van der Waals surface area contributed by atoms with Crippen LogP contribution in [0.5, 0.6) is 0 Å². The van der Waals surface area contributed by atoms with Crippen molar-refractivity contribution in [1.29, 1.82) is 0 Å². The van der Waals surface area contributed by atoms with Gasteiger partial charge in [-0.05, 0) is 54.1 Å². The quantitative estimate of drug-likeness (QED) is 0.460. The second-order valence-electron chi connectivity index (χ2n) is 4.86. The first-order valence-corrected chi connectivity index (χ1v) is 8.37. The Morgan fingerprint density at radius 1 is 0.783 bits per heavy atom. The molecular formula is C19H15ClN2S. The van der Waals surface area contributed by atoms with Gasteiger partial charge in [-0.15, -0.1) is 0 Å². The van der Waals surface area contributed by atoms with Crippen LogP contribution in [0.2, 0.25) is 5.02 Å². The summed E-state index contributed by atoms with van der Waals surface area (Å²) >= 11 is 7.61. The lowest BCUT2D eigenvalue weighted by Crippen LogP contribution is -1.89. The first kappa shape index (κ1) is 15.7. The first-order chi connectivity index (χ1) is 11.3. The third-order valence-corrected chi connectivity index (χ3v) is 4.38.